The average molecular weight is 218 g/mol. The second-order valence-corrected chi connectivity index (χ2v) is 3.79. The maximum atomic E-state index is 11.7. The number of hydrogen-bond acceptors (Lipinski definition) is 4. The van der Waals surface area contributed by atoms with E-state index in [0.717, 1.165) is 12.2 Å². The van der Waals surface area contributed by atoms with Crippen molar-refractivity contribution in [3.05, 3.63) is 30.5 Å². The van der Waals surface area contributed by atoms with Gasteiger partial charge >= 0.3 is 0 Å². The van der Waals surface area contributed by atoms with Gasteiger partial charge in [-0.15, -0.1) is 0 Å². The van der Waals surface area contributed by atoms with Crippen molar-refractivity contribution in [1.82, 2.24) is 15.2 Å². The molecule has 0 bridgehead atoms. The van der Waals surface area contributed by atoms with E-state index in [1.54, 1.807) is 6.26 Å². The molecule has 0 spiro atoms. The van der Waals surface area contributed by atoms with E-state index >= 15 is 0 Å². The lowest BCUT2D eigenvalue weighted by atomic mass is 10.2. The van der Waals surface area contributed by atoms with E-state index in [0.29, 0.717) is 5.95 Å². The fourth-order valence-corrected chi connectivity index (χ4v) is 1.78. The van der Waals surface area contributed by atoms with E-state index in [4.69, 9.17) is 4.42 Å². The Balaban J connectivity index is 1.62. The van der Waals surface area contributed by atoms with Gasteiger partial charge in [-0.3, -0.25) is 10.1 Å². The third-order valence-electron chi connectivity index (χ3n) is 2.69. The Hall–Kier alpha value is -2.11. The molecule has 0 aliphatic heterocycles. The lowest BCUT2D eigenvalue weighted by Gasteiger charge is -1.98. The summed E-state index contributed by atoms with van der Waals surface area (Å²) in [6, 6.07) is 3.73. The molecule has 2 heterocycles. The van der Waals surface area contributed by atoms with Gasteiger partial charge in [-0.25, -0.2) is 5.10 Å². The van der Waals surface area contributed by atoms with Gasteiger partial charge in [0, 0.05) is 11.8 Å². The van der Waals surface area contributed by atoms with Crippen LogP contribution in [0.3, 0.4) is 0 Å². The number of carbonyl (C=O) groups is 1. The Morgan fingerprint density at radius 2 is 2.56 bits per heavy atom. The lowest BCUT2D eigenvalue weighted by Crippen LogP contribution is -2.15. The number of carbonyl (C=O) groups excluding carboxylic acids is 1. The smallest absolute Gasteiger partial charge is 0.230 e. The van der Waals surface area contributed by atoms with Crippen molar-refractivity contribution in [1.29, 1.82) is 0 Å². The van der Waals surface area contributed by atoms with Gasteiger partial charge in [0.25, 0.3) is 0 Å². The van der Waals surface area contributed by atoms with Crippen LogP contribution in [0.1, 0.15) is 18.1 Å². The molecular weight excluding hydrogens is 208 g/mol. The zero-order chi connectivity index (χ0) is 11.0. The minimum absolute atomic E-state index is 0.0174. The second kappa shape index (κ2) is 3.48. The van der Waals surface area contributed by atoms with Crippen LogP contribution in [-0.2, 0) is 4.79 Å². The largest absolute Gasteiger partial charge is 0.469 e. The average Bonchev–Trinajstić information content (AvgIpc) is 2.71. The fourth-order valence-electron chi connectivity index (χ4n) is 1.78. The summed E-state index contributed by atoms with van der Waals surface area (Å²) in [5.74, 6) is 1.40. The molecule has 2 aromatic heterocycles. The highest BCUT2D eigenvalue weighted by atomic mass is 16.3. The minimum Gasteiger partial charge on any atom is -0.469 e. The van der Waals surface area contributed by atoms with Crippen LogP contribution in [0.5, 0.6) is 0 Å². The predicted molar refractivity (Wildman–Crippen MR) is 54.6 cm³/mol. The van der Waals surface area contributed by atoms with Gasteiger partial charge in [-0.05, 0) is 18.6 Å². The second-order valence-electron chi connectivity index (χ2n) is 3.79. The van der Waals surface area contributed by atoms with Gasteiger partial charge in [0.15, 0.2) is 0 Å². The van der Waals surface area contributed by atoms with Crippen molar-refractivity contribution >= 4 is 11.9 Å². The van der Waals surface area contributed by atoms with Crippen LogP contribution < -0.4 is 5.32 Å². The van der Waals surface area contributed by atoms with Crippen LogP contribution in [0.15, 0.2) is 29.1 Å². The molecule has 6 nitrogen and oxygen atoms in total. The first-order valence-electron chi connectivity index (χ1n) is 5.04. The van der Waals surface area contributed by atoms with Gasteiger partial charge in [0.1, 0.15) is 12.1 Å². The summed E-state index contributed by atoms with van der Waals surface area (Å²) in [5.41, 5.74) is 0. The number of furan rings is 1. The molecule has 1 aliphatic carbocycles. The molecule has 1 aliphatic rings. The van der Waals surface area contributed by atoms with Gasteiger partial charge in [0.2, 0.25) is 11.9 Å². The maximum Gasteiger partial charge on any atom is 0.230 e. The van der Waals surface area contributed by atoms with E-state index in [1.807, 2.05) is 12.1 Å². The summed E-state index contributed by atoms with van der Waals surface area (Å²) in [7, 11) is 0. The Morgan fingerprint density at radius 1 is 1.62 bits per heavy atom. The van der Waals surface area contributed by atoms with E-state index < -0.39 is 0 Å². The van der Waals surface area contributed by atoms with Crippen molar-refractivity contribution in [2.45, 2.75) is 12.3 Å². The molecule has 2 unspecified atom stereocenters. The molecule has 1 saturated carbocycles. The number of nitrogens with zero attached hydrogens (tertiary/aromatic N) is 2. The van der Waals surface area contributed by atoms with E-state index in [-0.39, 0.29) is 17.7 Å². The number of hydrogen-bond donors (Lipinski definition) is 2. The van der Waals surface area contributed by atoms with E-state index in [2.05, 4.69) is 20.5 Å². The molecule has 16 heavy (non-hydrogen) atoms. The monoisotopic (exact) mass is 218 g/mol. The summed E-state index contributed by atoms with van der Waals surface area (Å²) in [6.07, 6.45) is 3.80. The molecule has 1 amide bonds. The third-order valence-corrected chi connectivity index (χ3v) is 2.69. The molecule has 2 aromatic rings. The Morgan fingerprint density at radius 3 is 3.25 bits per heavy atom. The standard InChI is InChI=1S/C10H10N4O2/c15-9(13-10-11-5-12-14-10)7-4-6(7)8-2-1-3-16-8/h1-3,5-7H,4H2,(H2,11,12,13,14,15). The molecule has 82 valence electrons. The summed E-state index contributed by atoms with van der Waals surface area (Å²) in [5, 5.41) is 8.90. The number of amides is 1. The van der Waals surface area contributed by atoms with Crippen molar-refractivity contribution in [3.8, 4) is 0 Å². The third kappa shape index (κ3) is 1.58. The number of anilines is 1. The number of aromatic nitrogens is 3. The molecule has 2 N–H and O–H groups in total. The number of nitrogens with one attached hydrogen (secondary N) is 2. The van der Waals surface area contributed by atoms with E-state index in [9.17, 15) is 4.79 Å². The van der Waals surface area contributed by atoms with Crippen LogP contribution in [0.2, 0.25) is 0 Å². The normalized spacial score (nSPS) is 23.0. The van der Waals surface area contributed by atoms with Gasteiger partial charge in [-0.1, -0.05) is 0 Å². The van der Waals surface area contributed by atoms with Crippen molar-refractivity contribution in [3.63, 3.8) is 0 Å². The van der Waals surface area contributed by atoms with Crippen molar-refractivity contribution in [2.24, 2.45) is 5.92 Å². The Bertz CT molecular complexity index is 477. The first kappa shape index (κ1) is 9.14. The van der Waals surface area contributed by atoms with E-state index in [1.165, 1.54) is 6.33 Å². The van der Waals surface area contributed by atoms with Gasteiger partial charge in [0.05, 0.1) is 6.26 Å². The van der Waals surface area contributed by atoms with Gasteiger partial charge in [-0.2, -0.15) is 10.1 Å². The van der Waals surface area contributed by atoms with Crippen LogP contribution in [0, 0.1) is 5.92 Å². The van der Waals surface area contributed by atoms with Crippen LogP contribution in [0.4, 0.5) is 5.95 Å². The Kier molecular flexibility index (Phi) is 1.99. The summed E-state index contributed by atoms with van der Waals surface area (Å²) < 4.78 is 5.26. The highest BCUT2D eigenvalue weighted by Gasteiger charge is 2.46. The van der Waals surface area contributed by atoms with Gasteiger partial charge < -0.3 is 4.42 Å². The molecule has 6 heteroatoms. The molecule has 0 aromatic carbocycles. The number of H-pyrrole nitrogens is 1. The van der Waals surface area contributed by atoms with Crippen molar-refractivity contribution in [2.75, 3.05) is 5.32 Å². The fraction of sp³-hybridized carbons (Fsp3) is 0.300. The predicted octanol–water partition coefficient (Wildman–Crippen LogP) is 1.14. The molecule has 0 radical (unpaired) electrons. The van der Waals surface area contributed by atoms with Crippen LogP contribution in [0.25, 0.3) is 0 Å². The van der Waals surface area contributed by atoms with Crippen LogP contribution in [-0.4, -0.2) is 21.1 Å². The van der Waals surface area contributed by atoms with Crippen LogP contribution >= 0.6 is 0 Å². The lowest BCUT2D eigenvalue weighted by molar-refractivity contribution is -0.117. The molecule has 0 saturated heterocycles. The van der Waals surface area contributed by atoms with Crippen molar-refractivity contribution < 1.29 is 9.21 Å². The Labute approximate surface area is 91.1 Å². The number of aromatic amines is 1. The summed E-state index contributed by atoms with van der Waals surface area (Å²) in [6.45, 7) is 0. The first-order valence-corrected chi connectivity index (χ1v) is 5.04. The number of rotatable bonds is 3. The molecule has 2 atom stereocenters. The quantitative estimate of drug-likeness (QED) is 0.809. The summed E-state index contributed by atoms with van der Waals surface area (Å²) >= 11 is 0. The first-order chi connectivity index (χ1) is 7.84. The molecule has 3 rings (SSSR count). The topological polar surface area (TPSA) is 83.8 Å². The highest BCUT2D eigenvalue weighted by Crippen LogP contribution is 2.47. The SMILES string of the molecule is O=C(Nc1ncn[nH]1)C1CC1c1ccco1. The molecular formula is C10H10N4O2. The zero-order valence-electron chi connectivity index (χ0n) is 8.38. The minimum atomic E-state index is -0.0434. The maximum absolute atomic E-state index is 11.7. The highest BCUT2D eigenvalue weighted by molar-refractivity contribution is 5.93. The zero-order valence-corrected chi connectivity index (χ0v) is 8.38. The summed E-state index contributed by atoms with van der Waals surface area (Å²) in [4.78, 5) is 15.6. The molecule has 1 fully saturated rings.